The van der Waals surface area contributed by atoms with E-state index in [0.717, 1.165) is 30.0 Å². The lowest BCUT2D eigenvalue weighted by Crippen LogP contribution is -2.38. The topological polar surface area (TPSA) is 69.5 Å². The summed E-state index contributed by atoms with van der Waals surface area (Å²) in [4.78, 5) is 20.6. The van der Waals surface area contributed by atoms with Gasteiger partial charge in [-0.25, -0.2) is 9.67 Å². The normalized spacial score (nSPS) is 16.3. The minimum Gasteiger partial charge on any atom is -0.490 e. The van der Waals surface area contributed by atoms with Crippen LogP contribution in [0.1, 0.15) is 55.6 Å². The molecule has 0 unspecified atom stereocenters. The molecule has 1 aliphatic carbocycles. The highest BCUT2D eigenvalue weighted by Gasteiger charge is 2.34. The molecule has 1 aliphatic heterocycles. The average Bonchev–Trinajstić information content (AvgIpc) is 3.51. The Balaban J connectivity index is 1.73. The molecule has 0 atom stereocenters. The monoisotopic (exact) mass is 406 g/mol. The van der Waals surface area contributed by atoms with Gasteiger partial charge in [0.05, 0.1) is 35.8 Å². The number of methoxy groups -OCH3 is 1. The molecule has 2 aromatic heterocycles. The Morgan fingerprint density at radius 2 is 2.00 bits per heavy atom. The van der Waals surface area contributed by atoms with Gasteiger partial charge >= 0.3 is 0 Å². The minimum atomic E-state index is -0.296. The predicted molar refractivity (Wildman–Crippen MR) is 115 cm³/mol. The largest absolute Gasteiger partial charge is 0.490 e. The van der Waals surface area contributed by atoms with Crippen molar-refractivity contribution in [2.24, 2.45) is 0 Å². The Labute approximate surface area is 175 Å². The summed E-state index contributed by atoms with van der Waals surface area (Å²) in [7, 11) is 1.59. The van der Waals surface area contributed by atoms with Crippen molar-refractivity contribution in [3.05, 3.63) is 41.6 Å². The van der Waals surface area contributed by atoms with Crippen molar-refractivity contribution in [1.82, 2.24) is 14.8 Å². The number of pyridine rings is 1. The third-order valence-corrected chi connectivity index (χ3v) is 5.65. The average molecular weight is 406 g/mol. The molecule has 2 aliphatic rings. The zero-order valence-electron chi connectivity index (χ0n) is 17.8. The lowest BCUT2D eigenvalue weighted by atomic mass is 10.1. The fourth-order valence-electron chi connectivity index (χ4n) is 4.00. The molecule has 0 bridgehead atoms. The molecule has 0 spiro atoms. The maximum Gasteiger partial charge on any atom is 0.259 e. The number of fused-ring (bicyclic) bond motifs is 2. The number of carbonyl (C=O) groups excluding carboxylic acids is 1. The van der Waals surface area contributed by atoms with Crippen LogP contribution in [0.4, 0.5) is 5.69 Å². The van der Waals surface area contributed by atoms with E-state index in [0.29, 0.717) is 41.5 Å². The summed E-state index contributed by atoms with van der Waals surface area (Å²) in [6.45, 7) is 7.18. The third kappa shape index (κ3) is 3.00. The molecule has 7 heteroatoms. The van der Waals surface area contributed by atoms with E-state index in [9.17, 15) is 4.79 Å². The Morgan fingerprint density at radius 3 is 2.70 bits per heavy atom. The molecule has 0 saturated heterocycles. The van der Waals surface area contributed by atoms with E-state index in [1.807, 2.05) is 35.0 Å². The van der Waals surface area contributed by atoms with Crippen LogP contribution in [0, 0.1) is 0 Å². The molecule has 0 N–H and O–H groups in total. The molecular formula is C23H26N4O3. The van der Waals surface area contributed by atoms with Crippen LogP contribution in [0.3, 0.4) is 0 Å². The number of rotatable bonds is 3. The fourth-order valence-corrected chi connectivity index (χ4v) is 4.00. The maximum absolute atomic E-state index is 13.8. The summed E-state index contributed by atoms with van der Waals surface area (Å²) < 4.78 is 13.2. The first kappa shape index (κ1) is 18.9. The van der Waals surface area contributed by atoms with Crippen molar-refractivity contribution in [3.63, 3.8) is 0 Å². The summed E-state index contributed by atoms with van der Waals surface area (Å²) in [5.41, 5.74) is 2.74. The summed E-state index contributed by atoms with van der Waals surface area (Å²) in [5, 5.41) is 5.34. The van der Waals surface area contributed by atoms with Crippen LogP contribution < -0.4 is 14.4 Å². The number of nitrogens with zero attached hydrogens (tertiary/aromatic N) is 4. The van der Waals surface area contributed by atoms with Gasteiger partial charge in [0.2, 0.25) is 5.88 Å². The van der Waals surface area contributed by atoms with Gasteiger partial charge < -0.3 is 14.4 Å². The van der Waals surface area contributed by atoms with Crippen molar-refractivity contribution in [2.75, 3.05) is 25.2 Å². The summed E-state index contributed by atoms with van der Waals surface area (Å²) in [6.07, 6.45) is 2.21. The molecule has 5 rings (SSSR count). The molecular weight excluding hydrogens is 380 g/mol. The second-order valence-electron chi connectivity index (χ2n) is 8.93. The van der Waals surface area contributed by atoms with Gasteiger partial charge in [-0.1, -0.05) is 12.1 Å². The zero-order valence-corrected chi connectivity index (χ0v) is 17.8. The number of benzene rings is 1. The molecule has 1 amide bonds. The number of carbonyl (C=O) groups is 1. The van der Waals surface area contributed by atoms with Gasteiger partial charge in [0.1, 0.15) is 12.4 Å². The first-order chi connectivity index (χ1) is 14.4. The van der Waals surface area contributed by atoms with E-state index in [2.05, 4.69) is 25.9 Å². The molecule has 3 aromatic rings. The Morgan fingerprint density at radius 1 is 1.23 bits per heavy atom. The highest BCUT2D eigenvalue weighted by atomic mass is 16.5. The molecule has 30 heavy (non-hydrogen) atoms. The number of anilines is 1. The third-order valence-electron chi connectivity index (χ3n) is 5.65. The SMILES string of the molecule is COc1nn(C(C)(C)C)c2nc(C3CC3)cc(C(=O)N3CCOc4ccccc43)c12. The molecule has 3 heterocycles. The molecule has 156 valence electrons. The van der Waals surface area contributed by atoms with Gasteiger partial charge in [0.15, 0.2) is 5.65 Å². The van der Waals surface area contributed by atoms with E-state index < -0.39 is 0 Å². The van der Waals surface area contributed by atoms with Crippen molar-refractivity contribution < 1.29 is 14.3 Å². The van der Waals surface area contributed by atoms with Crippen molar-refractivity contribution in [2.45, 2.75) is 45.1 Å². The summed E-state index contributed by atoms with van der Waals surface area (Å²) in [6, 6.07) is 9.59. The lowest BCUT2D eigenvalue weighted by molar-refractivity contribution is 0.0978. The van der Waals surface area contributed by atoms with Crippen molar-refractivity contribution in [3.8, 4) is 11.6 Å². The number of para-hydroxylation sites is 2. The molecule has 1 aromatic carbocycles. The van der Waals surface area contributed by atoms with E-state index in [4.69, 9.17) is 14.5 Å². The molecule has 1 saturated carbocycles. The van der Waals surface area contributed by atoms with Gasteiger partial charge in [0.25, 0.3) is 5.91 Å². The number of ether oxygens (including phenoxy) is 2. The second-order valence-corrected chi connectivity index (χ2v) is 8.93. The van der Waals surface area contributed by atoms with Crippen molar-refractivity contribution in [1.29, 1.82) is 0 Å². The first-order valence-electron chi connectivity index (χ1n) is 10.4. The Hall–Kier alpha value is -3.09. The van der Waals surface area contributed by atoms with Crippen LogP contribution >= 0.6 is 0 Å². The van der Waals surface area contributed by atoms with E-state index in [1.54, 1.807) is 12.0 Å². The van der Waals surface area contributed by atoms with Gasteiger partial charge in [-0.2, -0.15) is 0 Å². The van der Waals surface area contributed by atoms with Crippen LogP contribution in [0.25, 0.3) is 11.0 Å². The Bertz CT molecular complexity index is 1140. The second kappa shape index (κ2) is 6.72. The van der Waals surface area contributed by atoms with E-state index in [1.165, 1.54) is 0 Å². The van der Waals surface area contributed by atoms with Crippen molar-refractivity contribution >= 4 is 22.6 Å². The summed E-state index contributed by atoms with van der Waals surface area (Å²) >= 11 is 0. The maximum atomic E-state index is 13.8. The van der Waals surface area contributed by atoms with Crippen LogP contribution in [0.15, 0.2) is 30.3 Å². The van der Waals surface area contributed by atoms with Crippen LogP contribution in [-0.2, 0) is 5.54 Å². The predicted octanol–water partition coefficient (Wildman–Crippen LogP) is 4.11. The quantitative estimate of drug-likeness (QED) is 0.655. The lowest BCUT2D eigenvalue weighted by Gasteiger charge is -2.29. The minimum absolute atomic E-state index is 0.0770. The van der Waals surface area contributed by atoms with Crippen LogP contribution in [-0.4, -0.2) is 40.9 Å². The fraction of sp³-hybridized carbons (Fsp3) is 0.435. The van der Waals surface area contributed by atoms with Gasteiger partial charge in [-0.3, -0.25) is 4.79 Å². The van der Waals surface area contributed by atoms with Crippen LogP contribution in [0.2, 0.25) is 0 Å². The smallest absolute Gasteiger partial charge is 0.259 e. The van der Waals surface area contributed by atoms with Gasteiger partial charge in [-0.15, -0.1) is 5.10 Å². The molecule has 1 fully saturated rings. The van der Waals surface area contributed by atoms with Gasteiger partial charge in [0, 0.05) is 11.6 Å². The first-order valence-corrected chi connectivity index (χ1v) is 10.4. The highest BCUT2D eigenvalue weighted by Crippen LogP contribution is 2.42. The number of aromatic nitrogens is 3. The zero-order chi connectivity index (χ0) is 21.0. The number of hydrogen-bond acceptors (Lipinski definition) is 5. The molecule has 0 radical (unpaired) electrons. The summed E-state index contributed by atoms with van der Waals surface area (Å²) in [5.74, 6) is 1.49. The van der Waals surface area contributed by atoms with Crippen LogP contribution in [0.5, 0.6) is 11.6 Å². The van der Waals surface area contributed by atoms with E-state index >= 15 is 0 Å². The van der Waals surface area contributed by atoms with Gasteiger partial charge in [-0.05, 0) is 51.8 Å². The number of hydrogen-bond donors (Lipinski definition) is 0. The standard InChI is InChI=1S/C23H26N4O3/c1-23(2,3)27-20-19(21(25-27)29-4)15(13-16(24-20)14-9-10-14)22(28)26-11-12-30-18-8-6-5-7-17(18)26/h5-8,13-14H,9-12H2,1-4H3. The van der Waals surface area contributed by atoms with E-state index in [-0.39, 0.29) is 11.4 Å². The molecule has 7 nitrogen and oxygen atoms in total. The Kier molecular flexibility index (Phi) is 4.24. The highest BCUT2D eigenvalue weighted by molar-refractivity contribution is 6.15. The number of amides is 1.